The molecule has 0 radical (unpaired) electrons. The van der Waals surface area contributed by atoms with Gasteiger partial charge in [-0.1, -0.05) is 176 Å². The number of benzene rings is 16. The zero-order valence-electron chi connectivity index (χ0n) is 56.9. The van der Waals surface area contributed by atoms with Crippen LogP contribution in [0.25, 0.3) is 226 Å². The molecule has 0 spiro atoms. The maximum Gasteiger partial charge on any atom is 0.160 e. The molecule has 106 heavy (non-hydrogen) atoms. The second kappa shape index (κ2) is 22.6. The largest absolute Gasteiger partial charge is 0.456 e. The van der Waals surface area contributed by atoms with E-state index in [1.54, 1.807) is 0 Å². The van der Waals surface area contributed by atoms with Gasteiger partial charge in [-0.3, -0.25) is 0 Å². The highest BCUT2D eigenvalue weighted by atomic mass is 16.3. The number of rotatable bonds is 9. The topological polar surface area (TPSA) is 80.0 Å². The molecule has 0 saturated heterocycles. The third-order valence-electron chi connectivity index (χ3n) is 22.1. The molecule has 8 nitrogen and oxygen atoms in total. The van der Waals surface area contributed by atoms with E-state index < -0.39 is 0 Å². The van der Waals surface area contributed by atoms with Crippen molar-refractivity contribution >= 4 is 142 Å². The van der Waals surface area contributed by atoms with Crippen molar-refractivity contribution in [3.63, 3.8) is 0 Å². The molecule has 492 valence electrons. The van der Waals surface area contributed by atoms with E-state index in [4.69, 9.17) is 23.2 Å². The standard InChI is InChI=1S/C98H57N5O3/c1-7-22-85-71(16-1)80-51-61(64-32-43-77-74-19-4-10-25-91(74)104-94(77)55-64)36-47-88(80)101(85)68-39-28-58(29-40-68)60-35-46-84-83(54-60)97(67-14-13-15-70(50-67)103-87-24-9-3-18-73(87)82-53-63(38-49-90(82)103)66-34-45-79-76-21-6-12-27-93(76)106-96(79)57-66)100-98(99-84)59-30-41-69(42-31-59)102-86-23-8-2-17-72(86)81-52-62(37-48-89(81)102)65-33-44-78-75-20-5-11-26-92(75)105-95(78)56-65/h1-57H. The van der Waals surface area contributed by atoms with Crippen LogP contribution in [-0.2, 0) is 0 Å². The van der Waals surface area contributed by atoms with Crippen LogP contribution in [0.15, 0.2) is 359 Å². The molecule has 0 aliphatic rings. The van der Waals surface area contributed by atoms with E-state index in [1.807, 2.05) is 36.4 Å². The first-order valence-electron chi connectivity index (χ1n) is 36.0. The Labute approximate surface area is 605 Å². The first kappa shape index (κ1) is 58.3. The summed E-state index contributed by atoms with van der Waals surface area (Å²) in [6, 6.07) is 124. The van der Waals surface area contributed by atoms with E-state index in [1.165, 1.54) is 32.3 Å². The summed E-state index contributed by atoms with van der Waals surface area (Å²) in [5.74, 6) is 0.639. The van der Waals surface area contributed by atoms with E-state index in [0.29, 0.717) is 5.82 Å². The Hall–Kier alpha value is -14.3. The number of hydrogen-bond donors (Lipinski definition) is 0. The summed E-state index contributed by atoms with van der Waals surface area (Å²) in [5, 5.41) is 14.8. The fourth-order valence-corrected chi connectivity index (χ4v) is 17.0. The van der Waals surface area contributed by atoms with Gasteiger partial charge < -0.3 is 27.0 Å². The van der Waals surface area contributed by atoms with Crippen LogP contribution in [-0.4, -0.2) is 23.7 Å². The van der Waals surface area contributed by atoms with Crippen LogP contribution in [0.1, 0.15) is 0 Å². The lowest BCUT2D eigenvalue weighted by molar-refractivity contribution is 0.668. The number of para-hydroxylation sites is 6. The van der Waals surface area contributed by atoms with Crippen molar-refractivity contribution < 1.29 is 13.3 Å². The molecule has 0 aliphatic carbocycles. The van der Waals surface area contributed by atoms with Crippen LogP contribution in [0, 0.1) is 0 Å². The summed E-state index contributed by atoms with van der Waals surface area (Å²) >= 11 is 0. The Bertz CT molecular complexity index is 7650. The summed E-state index contributed by atoms with van der Waals surface area (Å²) in [5.41, 5.74) is 27.7. The lowest BCUT2D eigenvalue weighted by atomic mass is 9.99. The molecule has 8 heteroatoms. The smallest absolute Gasteiger partial charge is 0.160 e. The van der Waals surface area contributed by atoms with E-state index in [0.717, 1.165) is 188 Å². The maximum absolute atomic E-state index is 6.39. The Morgan fingerprint density at radius 2 is 0.509 bits per heavy atom. The maximum atomic E-state index is 6.39. The van der Waals surface area contributed by atoms with Crippen LogP contribution in [0.3, 0.4) is 0 Å². The number of hydrogen-bond acceptors (Lipinski definition) is 5. The summed E-state index contributed by atoms with van der Waals surface area (Å²) in [6.07, 6.45) is 0. The van der Waals surface area contributed by atoms with Gasteiger partial charge in [0.1, 0.15) is 33.5 Å². The van der Waals surface area contributed by atoms with Crippen molar-refractivity contribution in [3.05, 3.63) is 346 Å². The average molecular weight is 1350 g/mol. The molecule has 0 saturated carbocycles. The molecule has 7 heterocycles. The predicted octanol–water partition coefficient (Wildman–Crippen LogP) is 26.6. The molecule has 7 aromatic heterocycles. The van der Waals surface area contributed by atoms with Gasteiger partial charge in [-0.25, -0.2) is 9.97 Å². The van der Waals surface area contributed by atoms with Crippen molar-refractivity contribution in [2.24, 2.45) is 0 Å². The van der Waals surface area contributed by atoms with Crippen molar-refractivity contribution in [3.8, 4) is 84.2 Å². The van der Waals surface area contributed by atoms with Crippen LogP contribution in [0.4, 0.5) is 0 Å². The number of nitrogens with zero attached hydrogens (tertiary/aromatic N) is 5. The van der Waals surface area contributed by atoms with Crippen LogP contribution in [0.2, 0.25) is 0 Å². The molecule has 0 amide bonds. The summed E-state index contributed by atoms with van der Waals surface area (Å²) in [7, 11) is 0. The zero-order chi connectivity index (χ0) is 69.2. The minimum atomic E-state index is 0.639. The van der Waals surface area contributed by atoms with Gasteiger partial charge in [0.05, 0.1) is 44.3 Å². The molecular formula is C98H57N5O3. The lowest BCUT2D eigenvalue weighted by Gasteiger charge is -2.14. The highest BCUT2D eigenvalue weighted by molar-refractivity contribution is 6.15. The number of aromatic nitrogens is 5. The Balaban J connectivity index is 0.633. The molecule has 23 rings (SSSR count). The predicted molar refractivity (Wildman–Crippen MR) is 437 cm³/mol. The molecule has 16 aromatic carbocycles. The molecule has 0 bridgehead atoms. The normalized spacial score (nSPS) is 12.2. The van der Waals surface area contributed by atoms with Gasteiger partial charge in [0.2, 0.25) is 0 Å². The molecule has 0 N–H and O–H groups in total. The van der Waals surface area contributed by atoms with Crippen molar-refractivity contribution in [2.45, 2.75) is 0 Å². The van der Waals surface area contributed by atoms with E-state index in [9.17, 15) is 0 Å². The van der Waals surface area contributed by atoms with Crippen molar-refractivity contribution in [2.75, 3.05) is 0 Å². The van der Waals surface area contributed by atoms with Crippen molar-refractivity contribution in [1.82, 2.24) is 23.7 Å². The molecule has 0 unspecified atom stereocenters. The second-order valence-electron chi connectivity index (χ2n) is 28.0. The summed E-state index contributed by atoms with van der Waals surface area (Å²) in [4.78, 5) is 11.1. The molecule has 23 aromatic rings. The highest BCUT2D eigenvalue weighted by Gasteiger charge is 2.22. The zero-order valence-corrected chi connectivity index (χ0v) is 56.9. The van der Waals surface area contributed by atoms with Gasteiger partial charge in [-0.2, -0.15) is 0 Å². The quantitative estimate of drug-likeness (QED) is 0.144. The van der Waals surface area contributed by atoms with Crippen LogP contribution >= 0.6 is 0 Å². The van der Waals surface area contributed by atoms with Crippen LogP contribution in [0.5, 0.6) is 0 Å². The van der Waals surface area contributed by atoms with Crippen molar-refractivity contribution in [1.29, 1.82) is 0 Å². The van der Waals surface area contributed by atoms with E-state index >= 15 is 0 Å². The fourth-order valence-electron chi connectivity index (χ4n) is 17.0. The minimum Gasteiger partial charge on any atom is -0.456 e. The van der Waals surface area contributed by atoms with Gasteiger partial charge in [0.15, 0.2) is 5.82 Å². The number of fused-ring (bicyclic) bond motifs is 19. The first-order chi connectivity index (χ1) is 52.5. The lowest BCUT2D eigenvalue weighted by Crippen LogP contribution is -1.99. The Morgan fingerprint density at radius 1 is 0.179 bits per heavy atom. The molecule has 0 atom stereocenters. The monoisotopic (exact) mass is 1350 g/mol. The second-order valence-corrected chi connectivity index (χ2v) is 28.0. The van der Waals surface area contributed by atoms with Gasteiger partial charge in [0.25, 0.3) is 0 Å². The fraction of sp³-hybridized carbons (Fsp3) is 0. The average Bonchev–Trinajstić information content (AvgIpc) is 1.62. The van der Waals surface area contributed by atoms with Gasteiger partial charge in [-0.15, -0.1) is 0 Å². The van der Waals surface area contributed by atoms with E-state index in [2.05, 4.69) is 323 Å². The summed E-state index contributed by atoms with van der Waals surface area (Å²) < 4.78 is 26.2. The van der Waals surface area contributed by atoms with Gasteiger partial charge >= 0.3 is 0 Å². The third-order valence-corrected chi connectivity index (χ3v) is 22.1. The highest BCUT2D eigenvalue weighted by Crippen LogP contribution is 2.44. The summed E-state index contributed by atoms with van der Waals surface area (Å²) in [6.45, 7) is 0. The Morgan fingerprint density at radius 3 is 0.962 bits per heavy atom. The van der Waals surface area contributed by atoms with Crippen LogP contribution < -0.4 is 0 Å². The number of furan rings is 3. The molecule has 0 fully saturated rings. The molecular weight excluding hydrogens is 1300 g/mol. The van der Waals surface area contributed by atoms with Gasteiger partial charge in [0, 0.05) is 98.2 Å². The molecule has 0 aliphatic heterocycles. The van der Waals surface area contributed by atoms with E-state index in [-0.39, 0.29) is 0 Å². The first-order valence-corrected chi connectivity index (χ1v) is 36.0. The third kappa shape index (κ3) is 8.95. The van der Waals surface area contributed by atoms with Gasteiger partial charge in [-0.05, 0) is 214 Å². The minimum absolute atomic E-state index is 0.639. The Kier molecular flexibility index (Phi) is 12.4. The SMILES string of the molecule is c1cc(-c2nc(-c3ccc(-n4c5ccccc5c5cc(-c6ccc7c(c6)oc6ccccc67)ccc54)cc3)nc3ccc(-c4ccc(-n5c6ccccc6c6cc(-c7ccc8c(c7)oc7ccccc78)ccc65)cc4)cc23)cc(-n2c3ccccc3c3cc(-c4ccc5c(c4)oc4ccccc45)ccc32)c1.